The van der Waals surface area contributed by atoms with Gasteiger partial charge in [0.15, 0.2) is 0 Å². The van der Waals surface area contributed by atoms with Crippen molar-refractivity contribution in [2.75, 3.05) is 6.61 Å². The van der Waals surface area contributed by atoms with Crippen molar-refractivity contribution in [2.24, 2.45) is 0 Å². The number of halogens is 1. The molecule has 0 saturated carbocycles. The number of nitrogens with zero attached hydrogens (tertiary/aromatic N) is 3. The average molecular weight is 499 g/mol. The molecule has 8 heteroatoms. The molecule has 0 bridgehead atoms. The molecule has 5 rings (SSSR count). The number of urea groups is 1. The van der Waals surface area contributed by atoms with Gasteiger partial charge in [0.2, 0.25) is 5.82 Å². The van der Waals surface area contributed by atoms with Gasteiger partial charge in [0, 0.05) is 11.3 Å². The summed E-state index contributed by atoms with van der Waals surface area (Å²) in [5, 5.41) is 7.20. The number of hydrogen-bond acceptors (Lipinski definition) is 5. The van der Waals surface area contributed by atoms with E-state index in [2.05, 4.69) is 15.5 Å². The van der Waals surface area contributed by atoms with E-state index < -0.39 is 11.9 Å². The van der Waals surface area contributed by atoms with Crippen LogP contribution in [-0.2, 0) is 6.54 Å². The van der Waals surface area contributed by atoms with E-state index >= 15 is 0 Å². The topological polar surface area (TPSA) is 80.5 Å². The fourth-order valence-corrected chi connectivity index (χ4v) is 4.50. The average Bonchev–Trinajstić information content (AvgIpc) is 3.37. The van der Waals surface area contributed by atoms with Crippen LogP contribution in [0, 0.1) is 12.7 Å². The lowest BCUT2D eigenvalue weighted by Crippen LogP contribution is -2.45. The number of hydrogen-bond donors (Lipinski definition) is 1. The predicted octanol–water partition coefficient (Wildman–Crippen LogP) is 6.28. The second-order valence-corrected chi connectivity index (χ2v) is 8.89. The molecule has 188 valence electrons. The smallest absolute Gasteiger partial charge is 0.322 e. The third kappa shape index (κ3) is 5.09. The predicted molar refractivity (Wildman–Crippen MR) is 138 cm³/mol. The third-order valence-electron chi connectivity index (χ3n) is 6.28. The minimum Gasteiger partial charge on any atom is -0.494 e. The number of carbonyl (C=O) groups is 1. The first-order valence-corrected chi connectivity index (χ1v) is 12.1. The van der Waals surface area contributed by atoms with E-state index in [0.29, 0.717) is 35.8 Å². The molecule has 0 saturated heterocycles. The standard InChI is InChI=1S/C29H27FN4O3/c1-4-36-24-13-11-21(12-14-24)27-32-28(37-33-27)25-19(3)34(17-20-8-5-7-18(2)15-20)29(35)31-26(25)22-9-6-10-23(30)16-22/h5-16,26H,4,17H2,1-3H3,(H,31,35). The first-order valence-electron chi connectivity index (χ1n) is 12.1. The lowest BCUT2D eigenvalue weighted by atomic mass is 9.94. The van der Waals surface area contributed by atoms with E-state index in [0.717, 1.165) is 22.4 Å². The summed E-state index contributed by atoms with van der Waals surface area (Å²) in [6, 6.07) is 20.6. The molecule has 2 amide bonds. The van der Waals surface area contributed by atoms with Gasteiger partial charge in [0.1, 0.15) is 11.6 Å². The van der Waals surface area contributed by atoms with Crippen LogP contribution < -0.4 is 10.1 Å². The number of aromatic nitrogens is 2. The van der Waals surface area contributed by atoms with Crippen LogP contribution in [0.25, 0.3) is 17.0 Å². The fourth-order valence-electron chi connectivity index (χ4n) is 4.50. The Labute approximate surface area is 214 Å². The molecule has 3 aromatic carbocycles. The minimum atomic E-state index is -0.661. The molecule has 0 radical (unpaired) electrons. The van der Waals surface area contributed by atoms with E-state index in [-0.39, 0.29) is 11.9 Å². The van der Waals surface area contributed by atoms with Gasteiger partial charge >= 0.3 is 6.03 Å². The highest BCUT2D eigenvalue weighted by atomic mass is 19.1. The van der Waals surface area contributed by atoms with Crippen molar-refractivity contribution in [1.82, 2.24) is 20.4 Å². The Bertz CT molecular complexity index is 1460. The van der Waals surface area contributed by atoms with E-state index in [9.17, 15) is 9.18 Å². The summed E-state index contributed by atoms with van der Waals surface area (Å²) in [5.74, 6) is 1.01. The van der Waals surface area contributed by atoms with Gasteiger partial charge in [-0.1, -0.05) is 47.1 Å². The van der Waals surface area contributed by atoms with E-state index in [4.69, 9.17) is 9.26 Å². The normalized spacial score (nSPS) is 15.6. The zero-order chi connectivity index (χ0) is 25.9. The summed E-state index contributed by atoms with van der Waals surface area (Å²) in [6.07, 6.45) is 0. The molecule has 0 fully saturated rings. The number of nitrogens with one attached hydrogen (secondary N) is 1. The largest absolute Gasteiger partial charge is 0.494 e. The first-order chi connectivity index (χ1) is 17.9. The summed E-state index contributed by atoms with van der Waals surface area (Å²) < 4.78 is 25.4. The molecule has 2 heterocycles. The molecule has 1 N–H and O–H groups in total. The number of carbonyl (C=O) groups excluding carboxylic acids is 1. The quantitative estimate of drug-likeness (QED) is 0.324. The van der Waals surface area contributed by atoms with Gasteiger partial charge in [-0.15, -0.1) is 0 Å². The minimum absolute atomic E-state index is 0.255. The van der Waals surface area contributed by atoms with Crippen molar-refractivity contribution >= 4 is 11.6 Å². The molecule has 1 aliphatic rings. The number of ether oxygens (including phenoxy) is 1. The number of allylic oxidation sites excluding steroid dienone is 1. The Morgan fingerprint density at radius 1 is 1.05 bits per heavy atom. The molecular weight excluding hydrogens is 471 g/mol. The van der Waals surface area contributed by atoms with Gasteiger partial charge in [-0.25, -0.2) is 9.18 Å². The zero-order valence-corrected chi connectivity index (χ0v) is 20.9. The van der Waals surface area contributed by atoms with Crippen LogP contribution in [0.4, 0.5) is 9.18 Å². The molecule has 0 spiro atoms. The monoisotopic (exact) mass is 498 g/mol. The van der Waals surface area contributed by atoms with E-state index in [1.807, 2.05) is 69.3 Å². The Morgan fingerprint density at radius 3 is 2.57 bits per heavy atom. The third-order valence-corrected chi connectivity index (χ3v) is 6.28. The molecule has 4 aromatic rings. The molecule has 1 unspecified atom stereocenters. The Hall–Kier alpha value is -4.46. The number of rotatable bonds is 7. The van der Waals surface area contributed by atoms with E-state index in [1.54, 1.807) is 17.0 Å². The Morgan fingerprint density at radius 2 is 1.84 bits per heavy atom. The Kier molecular flexibility index (Phi) is 6.72. The molecule has 37 heavy (non-hydrogen) atoms. The van der Waals surface area contributed by atoms with Crippen LogP contribution in [0.1, 0.15) is 42.5 Å². The van der Waals surface area contributed by atoms with Gasteiger partial charge in [-0.3, -0.25) is 4.90 Å². The highest BCUT2D eigenvalue weighted by molar-refractivity contribution is 5.86. The maximum atomic E-state index is 14.2. The first kappa shape index (κ1) is 24.2. The van der Waals surface area contributed by atoms with E-state index in [1.165, 1.54) is 12.1 Å². The summed E-state index contributed by atoms with van der Waals surface area (Å²) in [7, 11) is 0. The molecule has 1 aliphatic heterocycles. The molecule has 1 aromatic heterocycles. The number of benzene rings is 3. The maximum absolute atomic E-state index is 14.2. The second kappa shape index (κ2) is 10.3. The summed E-state index contributed by atoms with van der Waals surface area (Å²) in [4.78, 5) is 19.6. The van der Waals surface area contributed by atoms with Crippen molar-refractivity contribution in [3.8, 4) is 17.1 Å². The number of amides is 2. The van der Waals surface area contributed by atoms with Crippen molar-refractivity contribution in [1.29, 1.82) is 0 Å². The van der Waals surface area contributed by atoms with Gasteiger partial charge in [-0.2, -0.15) is 4.98 Å². The van der Waals surface area contributed by atoms with Crippen molar-refractivity contribution in [2.45, 2.75) is 33.4 Å². The molecule has 7 nitrogen and oxygen atoms in total. The fraction of sp³-hybridized carbons (Fsp3) is 0.207. The molecule has 1 atom stereocenters. The van der Waals surface area contributed by atoms with Crippen molar-refractivity contribution in [3.63, 3.8) is 0 Å². The summed E-state index contributed by atoms with van der Waals surface area (Å²) >= 11 is 0. The van der Waals surface area contributed by atoms with Gasteiger partial charge < -0.3 is 14.6 Å². The van der Waals surface area contributed by atoms with Crippen LogP contribution in [0.15, 0.2) is 83.0 Å². The van der Waals surface area contributed by atoms with Gasteiger partial charge in [0.25, 0.3) is 5.89 Å². The molecule has 0 aliphatic carbocycles. The number of aryl methyl sites for hydroxylation is 1. The van der Waals surface area contributed by atoms with Gasteiger partial charge in [0.05, 0.1) is 24.8 Å². The van der Waals surface area contributed by atoms with Crippen LogP contribution in [0.2, 0.25) is 0 Å². The van der Waals surface area contributed by atoms with Gasteiger partial charge in [-0.05, 0) is 68.3 Å². The highest BCUT2D eigenvalue weighted by Crippen LogP contribution is 2.38. The maximum Gasteiger partial charge on any atom is 0.322 e. The SMILES string of the molecule is CCOc1ccc(-c2noc(C3=C(C)N(Cc4cccc(C)c4)C(=O)NC3c3cccc(F)c3)n2)cc1. The lowest BCUT2D eigenvalue weighted by molar-refractivity contribution is 0.203. The van der Waals surface area contributed by atoms with Crippen LogP contribution in [0.5, 0.6) is 5.75 Å². The van der Waals surface area contributed by atoms with Crippen LogP contribution in [0.3, 0.4) is 0 Å². The Balaban J connectivity index is 1.56. The van der Waals surface area contributed by atoms with Crippen molar-refractivity contribution < 1.29 is 18.4 Å². The lowest BCUT2D eigenvalue weighted by Gasteiger charge is -2.35. The van der Waals surface area contributed by atoms with Crippen molar-refractivity contribution in [3.05, 3.63) is 107 Å². The van der Waals surface area contributed by atoms with Crippen LogP contribution in [-0.4, -0.2) is 27.7 Å². The highest BCUT2D eigenvalue weighted by Gasteiger charge is 2.36. The summed E-state index contributed by atoms with van der Waals surface area (Å²) in [5.41, 5.74) is 4.70. The second-order valence-electron chi connectivity index (χ2n) is 8.89. The van der Waals surface area contributed by atoms with Crippen LogP contribution >= 0.6 is 0 Å². The molecular formula is C29H27FN4O3. The zero-order valence-electron chi connectivity index (χ0n) is 20.9. The summed E-state index contributed by atoms with van der Waals surface area (Å²) in [6.45, 7) is 6.71.